The molecule has 5 heteroatoms. The number of benzene rings is 2. The van der Waals surface area contributed by atoms with Crippen molar-refractivity contribution < 1.29 is 9.53 Å². The van der Waals surface area contributed by atoms with Gasteiger partial charge in [0.25, 0.3) is 5.91 Å². The van der Waals surface area contributed by atoms with Crippen LogP contribution in [0, 0.1) is 13.8 Å². The molecule has 4 rings (SSSR count). The van der Waals surface area contributed by atoms with Gasteiger partial charge < -0.3 is 15.4 Å². The zero-order valence-electron chi connectivity index (χ0n) is 13.8. The Bertz CT molecular complexity index is 961. The minimum atomic E-state index is -0.316. The van der Waals surface area contributed by atoms with Crippen molar-refractivity contribution in [3.63, 3.8) is 0 Å². The molecule has 2 heterocycles. The lowest BCUT2D eigenvalue weighted by atomic mass is 9.99. The molecule has 1 amide bonds. The average Bonchev–Trinajstić information content (AvgIpc) is 2.88. The first-order chi connectivity index (χ1) is 11.6. The number of methoxy groups -OCH3 is 1. The van der Waals surface area contributed by atoms with Crippen LogP contribution in [0.15, 0.2) is 36.4 Å². The number of carbonyl (C=O) groups is 1. The fraction of sp³-hybridized carbons (Fsp3) is 0.211. The Balaban J connectivity index is 1.88. The van der Waals surface area contributed by atoms with Gasteiger partial charge in [-0.2, -0.15) is 0 Å². The molecule has 0 aliphatic carbocycles. The van der Waals surface area contributed by atoms with Crippen molar-refractivity contribution in [1.82, 2.24) is 5.32 Å². The molecule has 0 radical (unpaired) electrons. The van der Waals surface area contributed by atoms with Crippen LogP contribution in [0.3, 0.4) is 0 Å². The highest BCUT2D eigenvalue weighted by atomic mass is 32.1. The number of aryl methyl sites for hydroxylation is 1. The number of hydrogen-bond donors (Lipinski definition) is 2. The molecule has 2 aromatic carbocycles. The maximum atomic E-state index is 12.7. The van der Waals surface area contributed by atoms with Crippen LogP contribution in [0.1, 0.15) is 32.5 Å². The monoisotopic (exact) mass is 338 g/mol. The molecule has 0 saturated carbocycles. The fourth-order valence-corrected chi connectivity index (χ4v) is 4.35. The molecule has 1 aromatic heterocycles. The number of hydrogen-bond acceptors (Lipinski definition) is 4. The molecule has 0 fully saturated rings. The summed E-state index contributed by atoms with van der Waals surface area (Å²) >= 11 is 1.63. The van der Waals surface area contributed by atoms with E-state index >= 15 is 0 Å². The van der Waals surface area contributed by atoms with E-state index in [9.17, 15) is 4.79 Å². The third kappa shape index (κ3) is 2.16. The van der Waals surface area contributed by atoms with Crippen molar-refractivity contribution in [2.75, 3.05) is 12.4 Å². The largest absolute Gasteiger partial charge is 0.496 e. The van der Waals surface area contributed by atoms with Crippen molar-refractivity contribution in [1.29, 1.82) is 0 Å². The first-order valence-electron chi connectivity index (χ1n) is 7.83. The highest BCUT2D eigenvalue weighted by molar-refractivity contribution is 7.16. The summed E-state index contributed by atoms with van der Waals surface area (Å²) in [5, 5.41) is 9.68. The third-order valence-electron chi connectivity index (χ3n) is 4.60. The maximum Gasteiger partial charge on any atom is 0.256 e. The molecule has 1 aliphatic rings. The molecule has 0 bridgehead atoms. The predicted molar refractivity (Wildman–Crippen MR) is 98.1 cm³/mol. The molecule has 2 N–H and O–H groups in total. The number of anilines is 1. The quantitative estimate of drug-likeness (QED) is 0.729. The number of amides is 1. The molecular weight excluding hydrogens is 320 g/mol. The van der Waals surface area contributed by atoms with Gasteiger partial charge in [0, 0.05) is 10.4 Å². The van der Waals surface area contributed by atoms with Gasteiger partial charge in [0.05, 0.1) is 12.7 Å². The molecular formula is C19H18N2O2S. The Morgan fingerprint density at radius 3 is 2.67 bits per heavy atom. The summed E-state index contributed by atoms with van der Waals surface area (Å²) in [4.78, 5) is 13.8. The van der Waals surface area contributed by atoms with Gasteiger partial charge >= 0.3 is 0 Å². The highest BCUT2D eigenvalue weighted by Gasteiger charge is 2.31. The fourth-order valence-electron chi connectivity index (χ4n) is 3.27. The average molecular weight is 338 g/mol. The van der Waals surface area contributed by atoms with Crippen LogP contribution >= 0.6 is 11.3 Å². The molecule has 122 valence electrons. The number of nitrogens with one attached hydrogen (secondary N) is 2. The van der Waals surface area contributed by atoms with Crippen molar-refractivity contribution >= 4 is 33.0 Å². The number of ether oxygens (including phenoxy) is 1. The van der Waals surface area contributed by atoms with Gasteiger partial charge in [-0.1, -0.05) is 30.3 Å². The number of rotatable bonds is 2. The third-order valence-corrected chi connectivity index (χ3v) is 5.74. The zero-order valence-corrected chi connectivity index (χ0v) is 14.6. The molecule has 3 aromatic rings. The molecule has 0 saturated heterocycles. The second-order valence-corrected chi connectivity index (χ2v) is 7.17. The number of carbonyl (C=O) groups excluding carboxylic acids is 1. The van der Waals surface area contributed by atoms with Crippen LogP contribution in [0.2, 0.25) is 0 Å². The Hall–Kier alpha value is -2.53. The second-order valence-electron chi connectivity index (χ2n) is 5.94. The van der Waals surface area contributed by atoms with E-state index in [2.05, 4.69) is 22.8 Å². The van der Waals surface area contributed by atoms with Gasteiger partial charge in [-0.3, -0.25) is 4.79 Å². The van der Waals surface area contributed by atoms with E-state index < -0.39 is 0 Å². The van der Waals surface area contributed by atoms with E-state index in [-0.39, 0.29) is 12.1 Å². The molecule has 4 nitrogen and oxygen atoms in total. The van der Waals surface area contributed by atoms with Gasteiger partial charge in [0.2, 0.25) is 0 Å². The first kappa shape index (κ1) is 15.0. The minimum absolute atomic E-state index is 0.0365. The van der Waals surface area contributed by atoms with Gasteiger partial charge in [-0.25, -0.2) is 0 Å². The summed E-state index contributed by atoms with van der Waals surface area (Å²) in [6.45, 7) is 4.03. The van der Waals surface area contributed by atoms with Gasteiger partial charge in [0.15, 0.2) is 0 Å². The first-order valence-corrected chi connectivity index (χ1v) is 8.65. The van der Waals surface area contributed by atoms with E-state index in [4.69, 9.17) is 4.74 Å². The Kier molecular flexibility index (Phi) is 3.46. The Morgan fingerprint density at radius 2 is 1.88 bits per heavy atom. The van der Waals surface area contributed by atoms with E-state index in [1.54, 1.807) is 18.4 Å². The highest BCUT2D eigenvalue weighted by Crippen LogP contribution is 2.40. The van der Waals surface area contributed by atoms with E-state index in [0.29, 0.717) is 0 Å². The summed E-state index contributed by atoms with van der Waals surface area (Å²) in [5.41, 5.74) is 2.76. The SMILES string of the molecule is COc1ccc2ccccc2c1C1NC(=O)c2c(sc(C)c2C)N1. The van der Waals surface area contributed by atoms with Gasteiger partial charge in [-0.15, -0.1) is 11.3 Å². The summed E-state index contributed by atoms with van der Waals surface area (Å²) in [7, 11) is 1.66. The van der Waals surface area contributed by atoms with Crippen LogP contribution in [0.25, 0.3) is 10.8 Å². The van der Waals surface area contributed by atoms with Crippen molar-refractivity contribution in [3.05, 3.63) is 58.0 Å². The van der Waals surface area contributed by atoms with Crippen molar-refractivity contribution in [3.8, 4) is 5.75 Å². The topological polar surface area (TPSA) is 50.4 Å². The standard InChI is InChI=1S/C19H18N2O2S/c1-10-11(2)24-19-15(10)18(22)20-17(21-19)16-13-7-5-4-6-12(13)8-9-14(16)23-3/h4-9,17,21H,1-3H3,(H,20,22). The predicted octanol–water partition coefficient (Wildman–Crippen LogP) is 4.38. The smallest absolute Gasteiger partial charge is 0.256 e. The molecule has 1 atom stereocenters. The van der Waals surface area contributed by atoms with Crippen molar-refractivity contribution in [2.45, 2.75) is 20.0 Å². The Morgan fingerprint density at radius 1 is 1.08 bits per heavy atom. The summed E-state index contributed by atoms with van der Waals surface area (Å²) in [6.07, 6.45) is -0.316. The van der Waals surface area contributed by atoms with E-state index in [0.717, 1.165) is 43.1 Å². The summed E-state index contributed by atoms with van der Waals surface area (Å²) in [5.74, 6) is 0.727. The van der Waals surface area contributed by atoms with Gasteiger partial charge in [-0.05, 0) is 36.2 Å². The minimum Gasteiger partial charge on any atom is -0.496 e. The second kappa shape index (κ2) is 5.53. The van der Waals surface area contributed by atoms with E-state index in [1.165, 1.54) is 0 Å². The molecule has 24 heavy (non-hydrogen) atoms. The molecule has 1 unspecified atom stereocenters. The lowest BCUT2D eigenvalue weighted by Crippen LogP contribution is -2.38. The zero-order chi connectivity index (χ0) is 16.8. The van der Waals surface area contributed by atoms with Crippen LogP contribution in [-0.4, -0.2) is 13.0 Å². The lowest BCUT2D eigenvalue weighted by Gasteiger charge is -2.28. The van der Waals surface area contributed by atoms with Crippen LogP contribution in [0.4, 0.5) is 5.00 Å². The Labute approximate surface area is 144 Å². The maximum absolute atomic E-state index is 12.7. The van der Waals surface area contributed by atoms with E-state index in [1.807, 2.05) is 38.1 Å². The van der Waals surface area contributed by atoms with Gasteiger partial charge in [0.1, 0.15) is 16.9 Å². The van der Waals surface area contributed by atoms with Crippen LogP contribution in [0.5, 0.6) is 5.75 Å². The lowest BCUT2D eigenvalue weighted by molar-refractivity contribution is 0.0935. The number of fused-ring (bicyclic) bond motifs is 2. The normalized spacial score (nSPS) is 16.5. The van der Waals surface area contributed by atoms with Crippen LogP contribution in [-0.2, 0) is 0 Å². The summed E-state index contributed by atoms with van der Waals surface area (Å²) in [6, 6.07) is 12.1. The molecule has 1 aliphatic heterocycles. The molecule has 0 spiro atoms. The number of thiophene rings is 1. The van der Waals surface area contributed by atoms with Crippen molar-refractivity contribution in [2.24, 2.45) is 0 Å². The summed E-state index contributed by atoms with van der Waals surface area (Å²) < 4.78 is 5.57. The van der Waals surface area contributed by atoms with Crippen LogP contribution < -0.4 is 15.4 Å².